The normalized spacial score (nSPS) is 11.3. The van der Waals surface area contributed by atoms with Crippen LogP contribution in [0, 0.1) is 0 Å². The summed E-state index contributed by atoms with van der Waals surface area (Å²) in [5.41, 5.74) is 2.37. The van der Waals surface area contributed by atoms with Crippen LogP contribution in [0.25, 0.3) is 10.9 Å². The molecule has 0 saturated carbocycles. The first-order chi connectivity index (χ1) is 14.9. The first-order valence-electron chi connectivity index (χ1n) is 9.40. The van der Waals surface area contributed by atoms with Crippen LogP contribution in [-0.2, 0) is 6.54 Å². The summed E-state index contributed by atoms with van der Waals surface area (Å²) in [7, 11) is 0. The third-order valence-electron chi connectivity index (χ3n) is 4.91. The molecule has 0 atom stereocenters. The molecule has 2 N–H and O–H groups in total. The summed E-state index contributed by atoms with van der Waals surface area (Å²) in [6.07, 6.45) is 1.51. The second-order valence-corrected chi connectivity index (χ2v) is 7.32. The van der Waals surface area contributed by atoms with E-state index in [4.69, 9.17) is 16.7 Å². The zero-order valence-corrected chi connectivity index (χ0v) is 17.0. The molecule has 3 aromatic carbocycles. The summed E-state index contributed by atoms with van der Waals surface area (Å²) in [5, 5.41) is 21.2. The predicted molar refractivity (Wildman–Crippen MR) is 120 cm³/mol. The highest BCUT2D eigenvalue weighted by molar-refractivity contribution is 6.30. The standard InChI is InChI=1S/C24H17ClN2O4/c25-17-9-5-15(6-10-17)22(28)14-27-21-4-2-1-3-19(21)20(23(27)29)13-26-18-11-7-16(8-12-18)24(30)31/h1-13,29H,14H2,(H,30,31). The Bertz CT molecular complexity index is 1310. The number of fused-ring (bicyclic) bond motifs is 1. The molecule has 4 aromatic rings. The molecule has 0 amide bonds. The van der Waals surface area contributed by atoms with Gasteiger partial charge in [0.15, 0.2) is 5.78 Å². The van der Waals surface area contributed by atoms with E-state index in [1.807, 2.05) is 24.3 Å². The van der Waals surface area contributed by atoms with Crippen molar-refractivity contribution in [2.45, 2.75) is 6.54 Å². The van der Waals surface area contributed by atoms with Gasteiger partial charge in [0.2, 0.25) is 5.88 Å². The van der Waals surface area contributed by atoms with Crippen molar-refractivity contribution in [2.24, 2.45) is 4.99 Å². The smallest absolute Gasteiger partial charge is 0.335 e. The Morgan fingerprint density at radius 3 is 2.26 bits per heavy atom. The topological polar surface area (TPSA) is 91.9 Å². The second-order valence-electron chi connectivity index (χ2n) is 6.88. The number of carbonyl (C=O) groups excluding carboxylic acids is 1. The van der Waals surface area contributed by atoms with Crippen molar-refractivity contribution >= 4 is 46.2 Å². The molecular weight excluding hydrogens is 416 g/mol. The third-order valence-corrected chi connectivity index (χ3v) is 5.16. The van der Waals surface area contributed by atoms with Crippen LogP contribution in [-0.4, -0.2) is 32.7 Å². The molecule has 0 unspecified atom stereocenters. The molecule has 0 bridgehead atoms. The number of nitrogens with zero attached hydrogens (tertiary/aromatic N) is 2. The fraction of sp³-hybridized carbons (Fsp3) is 0.0417. The van der Waals surface area contributed by atoms with Crippen LogP contribution in [0.1, 0.15) is 26.3 Å². The number of ketones is 1. The van der Waals surface area contributed by atoms with Crippen molar-refractivity contribution in [3.05, 3.63) is 94.5 Å². The lowest BCUT2D eigenvalue weighted by Gasteiger charge is -2.07. The molecule has 1 aromatic heterocycles. The van der Waals surface area contributed by atoms with E-state index in [2.05, 4.69) is 4.99 Å². The molecule has 6 nitrogen and oxygen atoms in total. The number of hydrogen-bond acceptors (Lipinski definition) is 4. The number of aromatic carboxylic acids is 1. The average Bonchev–Trinajstić information content (AvgIpc) is 3.04. The molecule has 0 fully saturated rings. The van der Waals surface area contributed by atoms with E-state index in [0.717, 1.165) is 5.39 Å². The van der Waals surface area contributed by atoms with Gasteiger partial charge in [-0.3, -0.25) is 9.79 Å². The average molecular weight is 433 g/mol. The molecule has 154 valence electrons. The monoisotopic (exact) mass is 432 g/mol. The van der Waals surface area contributed by atoms with Gasteiger partial charge in [0, 0.05) is 22.2 Å². The van der Waals surface area contributed by atoms with Crippen LogP contribution in [0.5, 0.6) is 5.88 Å². The number of aromatic nitrogens is 1. The van der Waals surface area contributed by atoms with Crippen molar-refractivity contribution in [2.75, 3.05) is 0 Å². The van der Waals surface area contributed by atoms with Crippen molar-refractivity contribution in [3.8, 4) is 5.88 Å². The minimum Gasteiger partial charge on any atom is -0.494 e. The minimum absolute atomic E-state index is 0.0465. The van der Waals surface area contributed by atoms with Gasteiger partial charge in [0.1, 0.15) is 0 Å². The highest BCUT2D eigenvalue weighted by Crippen LogP contribution is 2.31. The molecule has 4 rings (SSSR count). The SMILES string of the molecule is O=C(O)c1ccc(N=Cc2c(O)n(CC(=O)c3ccc(Cl)cc3)c3ccccc23)cc1. The van der Waals surface area contributed by atoms with E-state index in [-0.39, 0.29) is 23.8 Å². The fourth-order valence-corrected chi connectivity index (χ4v) is 3.43. The van der Waals surface area contributed by atoms with Gasteiger partial charge < -0.3 is 14.8 Å². The highest BCUT2D eigenvalue weighted by Gasteiger charge is 2.18. The lowest BCUT2D eigenvalue weighted by Crippen LogP contribution is -2.10. The first-order valence-corrected chi connectivity index (χ1v) is 9.78. The van der Waals surface area contributed by atoms with E-state index in [0.29, 0.717) is 27.4 Å². The van der Waals surface area contributed by atoms with Crippen LogP contribution in [0.2, 0.25) is 5.02 Å². The number of halogens is 1. The quantitative estimate of drug-likeness (QED) is 0.318. The van der Waals surface area contributed by atoms with E-state index < -0.39 is 5.97 Å². The number of benzene rings is 3. The molecule has 7 heteroatoms. The highest BCUT2D eigenvalue weighted by atomic mass is 35.5. The molecule has 1 heterocycles. The summed E-state index contributed by atoms with van der Waals surface area (Å²) < 4.78 is 1.54. The van der Waals surface area contributed by atoms with Gasteiger partial charge >= 0.3 is 5.97 Å². The molecule has 0 radical (unpaired) electrons. The largest absolute Gasteiger partial charge is 0.494 e. The van der Waals surface area contributed by atoms with Crippen LogP contribution < -0.4 is 0 Å². The number of aromatic hydroxyl groups is 1. The van der Waals surface area contributed by atoms with E-state index in [1.165, 1.54) is 18.3 Å². The van der Waals surface area contributed by atoms with Gasteiger partial charge in [0.05, 0.1) is 28.9 Å². The van der Waals surface area contributed by atoms with Crippen LogP contribution in [0.15, 0.2) is 77.8 Å². The van der Waals surface area contributed by atoms with E-state index in [9.17, 15) is 14.7 Å². The van der Waals surface area contributed by atoms with Crippen molar-refractivity contribution in [1.82, 2.24) is 4.57 Å². The van der Waals surface area contributed by atoms with Crippen LogP contribution >= 0.6 is 11.6 Å². The molecule has 0 spiro atoms. The summed E-state index contributed by atoms with van der Waals surface area (Å²) in [6.45, 7) is -0.0465. The Kier molecular flexibility index (Phi) is 5.56. The lowest BCUT2D eigenvalue weighted by molar-refractivity contribution is 0.0696. The van der Waals surface area contributed by atoms with Crippen molar-refractivity contribution in [1.29, 1.82) is 0 Å². The maximum atomic E-state index is 12.7. The predicted octanol–water partition coefficient (Wildman–Crippen LogP) is 5.33. The number of rotatable bonds is 6. The van der Waals surface area contributed by atoms with Gasteiger partial charge in [-0.05, 0) is 54.6 Å². The first kappa shape index (κ1) is 20.4. The maximum absolute atomic E-state index is 12.7. The van der Waals surface area contributed by atoms with Crippen LogP contribution in [0.4, 0.5) is 5.69 Å². The Balaban J connectivity index is 1.68. The van der Waals surface area contributed by atoms with Crippen LogP contribution in [0.3, 0.4) is 0 Å². The Morgan fingerprint density at radius 2 is 1.58 bits per heavy atom. The molecule has 0 saturated heterocycles. The number of carbonyl (C=O) groups is 2. The molecule has 0 aliphatic carbocycles. The van der Waals surface area contributed by atoms with E-state index >= 15 is 0 Å². The van der Waals surface area contributed by atoms with Crippen molar-refractivity contribution in [3.63, 3.8) is 0 Å². The number of carboxylic acids is 1. The Hall–Kier alpha value is -3.90. The summed E-state index contributed by atoms with van der Waals surface area (Å²) in [4.78, 5) is 28.1. The number of hydrogen-bond donors (Lipinski definition) is 2. The van der Waals surface area contributed by atoms with Gasteiger partial charge in [-0.1, -0.05) is 29.8 Å². The molecule has 0 aliphatic rings. The number of aliphatic imine (C=N–C) groups is 1. The van der Waals surface area contributed by atoms with Gasteiger partial charge in [-0.2, -0.15) is 0 Å². The van der Waals surface area contributed by atoms with Gasteiger partial charge in [-0.15, -0.1) is 0 Å². The number of Topliss-reactive ketones (excluding diaryl/α,β-unsaturated/α-hetero) is 1. The molecule has 31 heavy (non-hydrogen) atoms. The summed E-state index contributed by atoms with van der Waals surface area (Å²) in [6, 6.07) is 20.0. The van der Waals surface area contributed by atoms with Gasteiger partial charge in [0.25, 0.3) is 0 Å². The summed E-state index contributed by atoms with van der Waals surface area (Å²) >= 11 is 5.89. The Labute approximate surface area is 182 Å². The van der Waals surface area contributed by atoms with E-state index in [1.54, 1.807) is 41.0 Å². The number of para-hydroxylation sites is 1. The number of carboxylic acid groups (broad SMARTS) is 1. The molecular formula is C24H17ClN2O4. The lowest BCUT2D eigenvalue weighted by atomic mass is 10.1. The van der Waals surface area contributed by atoms with Gasteiger partial charge in [-0.25, -0.2) is 4.79 Å². The zero-order chi connectivity index (χ0) is 22.0. The second kappa shape index (κ2) is 8.45. The maximum Gasteiger partial charge on any atom is 0.335 e. The molecule has 0 aliphatic heterocycles. The van der Waals surface area contributed by atoms with Crippen molar-refractivity contribution < 1.29 is 19.8 Å². The Morgan fingerprint density at radius 1 is 0.935 bits per heavy atom. The fourth-order valence-electron chi connectivity index (χ4n) is 3.30. The minimum atomic E-state index is -1.01. The summed E-state index contributed by atoms with van der Waals surface area (Å²) in [5.74, 6) is -1.25. The zero-order valence-electron chi connectivity index (χ0n) is 16.2. The third kappa shape index (κ3) is 4.20.